The molecule has 0 fully saturated rings. The number of hydrogen-bond acceptors (Lipinski definition) is 4. The predicted octanol–water partition coefficient (Wildman–Crippen LogP) is 3.78. The van der Waals surface area contributed by atoms with E-state index >= 15 is 0 Å². The minimum absolute atomic E-state index is 0.358. The van der Waals surface area contributed by atoms with Crippen LogP contribution in [0.15, 0.2) is 46.7 Å². The average Bonchev–Trinajstić information content (AvgIpc) is 2.43. The maximum absolute atomic E-state index is 11.0. The van der Waals surface area contributed by atoms with Crippen LogP contribution in [0.25, 0.3) is 0 Å². The number of rotatable bonds is 8. The Balaban J connectivity index is 2.46. The number of aliphatic hydroxyl groups excluding tert-OH is 1. The monoisotopic (exact) mass is 294 g/mol. The third-order valence-corrected chi connectivity index (χ3v) is 3.88. The summed E-state index contributed by atoms with van der Waals surface area (Å²) in [5.74, 6) is -0.358. The van der Waals surface area contributed by atoms with Crippen LogP contribution >= 0.6 is 11.8 Å². The molecule has 4 heteroatoms. The second kappa shape index (κ2) is 8.82. The molecule has 0 unspecified atom stereocenters. The number of esters is 1. The summed E-state index contributed by atoms with van der Waals surface area (Å²) < 4.78 is 5.16. The Morgan fingerprint density at radius 2 is 2.05 bits per heavy atom. The van der Waals surface area contributed by atoms with Crippen LogP contribution in [0.1, 0.15) is 33.1 Å². The van der Waals surface area contributed by atoms with E-state index in [1.165, 1.54) is 6.92 Å². The molecule has 20 heavy (non-hydrogen) atoms. The summed E-state index contributed by atoms with van der Waals surface area (Å²) in [6.45, 7) is 7.26. The highest BCUT2D eigenvalue weighted by atomic mass is 32.2. The third-order valence-electron chi connectivity index (χ3n) is 2.88. The van der Waals surface area contributed by atoms with E-state index in [0.29, 0.717) is 19.3 Å². The number of thioether (sulfide) groups is 1. The maximum atomic E-state index is 11.0. The van der Waals surface area contributed by atoms with Crippen molar-refractivity contribution in [1.82, 2.24) is 0 Å². The first-order chi connectivity index (χ1) is 9.52. The SMILES string of the molecule is C=C(CC[C@@H](OC(C)=O)[C@H](O)CC)Sc1ccccc1. The van der Waals surface area contributed by atoms with Crippen molar-refractivity contribution in [2.45, 2.75) is 50.2 Å². The molecule has 110 valence electrons. The van der Waals surface area contributed by atoms with Gasteiger partial charge in [0.05, 0.1) is 6.10 Å². The van der Waals surface area contributed by atoms with Gasteiger partial charge in [0.1, 0.15) is 6.10 Å². The van der Waals surface area contributed by atoms with Crippen molar-refractivity contribution in [1.29, 1.82) is 0 Å². The molecule has 0 radical (unpaired) electrons. The fourth-order valence-electron chi connectivity index (χ4n) is 1.82. The summed E-state index contributed by atoms with van der Waals surface area (Å²) in [4.78, 5) is 13.2. The molecule has 0 spiro atoms. The molecule has 1 aromatic rings. The van der Waals surface area contributed by atoms with Gasteiger partial charge in [-0.2, -0.15) is 0 Å². The van der Waals surface area contributed by atoms with Gasteiger partial charge in [0.2, 0.25) is 0 Å². The van der Waals surface area contributed by atoms with E-state index in [0.717, 1.165) is 9.80 Å². The van der Waals surface area contributed by atoms with Gasteiger partial charge in [-0.25, -0.2) is 0 Å². The van der Waals surface area contributed by atoms with Crippen molar-refractivity contribution < 1.29 is 14.6 Å². The second-order valence-electron chi connectivity index (χ2n) is 4.62. The Morgan fingerprint density at radius 3 is 2.60 bits per heavy atom. The molecule has 0 heterocycles. The highest BCUT2D eigenvalue weighted by Crippen LogP contribution is 2.29. The molecule has 0 aliphatic carbocycles. The van der Waals surface area contributed by atoms with Gasteiger partial charge in [0.15, 0.2) is 0 Å². The van der Waals surface area contributed by atoms with Crippen LogP contribution in [0.5, 0.6) is 0 Å². The van der Waals surface area contributed by atoms with Crippen LogP contribution in [0.2, 0.25) is 0 Å². The van der Waals surface area contributed by atoms with Crippen LogP contribution in [0.4, 0.5) is 0 Å². The Labute approximate surface area is 125 Å². The first-order valence-corrected chi connectivity index (χ1v) is 7.60. The summed E-state index contributed by atoms with van der Waals surface area (Å²) in [7, 11) is 0. The van der Waals surface area contributed by atoms with E-state index in [1.54, 1.807) is 11.8 Å². The standard InChI is InChI=1S/C16H22O3S/c1-4-15(18)16(19-13(3)17)11-10-12(2)20-14-8-6-5-7-9-14/h5-9,15-16,18H,2,4,10-11H2,1,3H3/t15-,16-/m1/s1. The van der Waals surface area contributed by atoms with Gasteiger partial charge in [0, 0.05) is 11.8 Å². The number of benzene rings is 1. The molecule has 0 saturated heterocycles. The molecule has 0 saturated carbocycles. The average molecular weight is 294 g/mol. The van der Waals surface area contributed by atoms with Crippen molar-refractivity contribution >= 4 is 17.7 Å². The number of aliphatic hydroxyl groups is 1. The first-order valence-electron chi connectivity index (χ1n) is 6.79. The van der Waals surface area contributed by atoms with E-state index in [2.05, 4.69) is 6.58 Å². The Morgan fingerprint density at radius 1 is 1.40 bits per heavy atom. The number of carbonyl (C=O) groups is 1. The van der Waals surface area contributed by atoms with Gasteiger partial charge in [-0.3, -0.25) is 4.79 Å². The van der Waals surface area contributed by atoms with Gasteiger partial charge in [-0.15, -0.1) is 0 Å². The summed E-state index contributed by atoms with van der Waals surface area (Å²) in [6, 6.07) is 10.00. The molecule has 0 bridgehead atoms. The van der Waals surface area contributed by atoms with E-state index < -0.39 is 12.2 Å². The fraction of sp³-hybridized carbons (Fsp3) is 0.438. The molecule has 3 nitrogen and oxygen atoms in total. The lowest BCUT2D eigenvalue weighted by molar-refractivity contribution is -0.152. The number of allylic oxidation sites excluding steroid dienone is 1. The normalized spacial score (nSPS) is 13.6. The molecule has 0 aliphatic heterocycles. The molecule has 1 rings (SSSR count). The Bertz CT molecular complexity index is 431. The topological polar surface area (TPSA) is 46.5 Å². The minimum atomic E-state index is -0.617. The Kier molecular flexibility index (Phi) is 7.41. The lowest BCUT2D eigenvalue weighted by Gasteiger charge is -2.21. The number of hydrogen-bond donors (Lipinski definition) is 1. The smallest absolute Gasteiger partial charge is 0.302 e. The van der Waals surface area contributed by atoms with Gasteiger partial charge in [-0.05, 0) is 36.3 Å². The summed E-state index contributed by atoms with van der Waals surface area (Å²) >= 11 is 1.61. The maximum Gasteiger partial charge on any atom is 0.302 e. The third kappa shape index (κ3) is 6.26. The van der Waals surface area contributed by atoms with Crippen LogP contribution in [-0.2, 0) is 9.53 Å². The quantitative estimate of drug-likeness (QED) is 0.585. The zero-order chi connectivity index (χ0) is 15.0. The van der Waals surface area contributed by atoms with Crippen molar-refractivity contribution in [3.05, 3.63) is 41.8 Å². The predicted molar refractivity (Wildman–Crippen MR) is 82.5 cm³/mol. The van der Waals surface area contributed by atoms with E-state index in [9.17, 15) is 9.90 Å². The highest BCUT2D eigenvalue weighted by molar-refractivity contribution is 8.03. The summed E-state index contributed by atoms with van der Waals surface area (Å²) in [5.41, 5.74) is 0. The molecule has 1 aromatic carbocycles. The lowest BCUT2D eigenvalue weighted by Crippen LogP contribution is -2.30. The minimum Gasteiger partial charge on any atom is -0.460 e. The second-order valence-corrected chi connectivity index (χ2v) is 5.87. The molecular weight excluding hydrogens is 272 g/mol. The van der Waals surface area contributed by atoms with Gasteiger partial charge >= 0.3 is 5.97 Å². The fourth-order valence-corrected chi connectivity index (χ4v) is 2.66. The van der Waals surface area contributed by atoms with Crippen LogP contribution < -0.4 is 0 Å². The van der Waals surface area contributed by atoms with Crippen LogP contribution in [0.3, 0.4) is 0 Å². The van der Waals surface area contributed by atoms with Crippen LogP contribution in [-0.4, -0.2) is 23.3 Å². The first kappa shape index (κ1) is 16.8. The van der Waals surface area contributed by atoms with Crippen molar-refractivity contribution in [2.24, 2.45) is 0 Å². The van der Waals surface area contributed by atoms with Crippen molar-refractivity contribution in [2.75, 3.05) is 0 Å². The van der Waals surface area contributed by atoms with E-state index in [4.69, 9.17) is 4.74 Å². The van der Waals surface area contributed by atoms with Gasteiger partial charge in [-0.1, -0.05) is 43.5 Å². The zero-order valence-electron chi connectivity index (χ0n) is 12.0. The number of ether oxygens (including phenoxy) is 1. The van der Waals surface area contributed by atoms with Gasteiger partial charge < -0.3 is 9.84 Å². The largest absolute Gasteiger partial charge is 0.460 e. The van der Waals surface area contributed by atoms with Crippen molar-refractivity contribution in [3.8, 4) is 0 Å². The summed E-state index contributed by atoms with van der Waals surface area (Å²) in [5, 5.41) is 9.86. The number of carbonyl (C=O) groups excluding carboxylic acids is 1. The van der Waals surface area contributed by atoms with Gasteiger partial charge in [0.25, 0.3) is 0 Å². The molecule has 2 atom stereocenters. The molecule has 0 amide bonds. The highest BCUT2D eigenvalue weighted by Gasteiger charge is 2.20. The molecule has 0 aromatic heterocycles. The molecule has 1 N–H and O–H groups in total. The van der Waals surface area contributed by atoms with Crippen molar-refractivity contribution in [3.63, 3.8) is 0 Å². The molecule has 0 aliphatic rings. The van der Waals surface area contributed by atoms with E-state index in [-0.39, 0.29) is 5.97 Å². The zero-order valence-corrected chi connectivity index (χ0v) is 12.9. The molecular formula is C16H22O3S. The van der Waals surface area contributed by atoms with Crippen LogP contribution in [0, 0.1) is 0 Å². The lowest BCUT2D eigenvalue weighted by atomic mass is 10.1. The summed E-state index contributed by atoms with van der Waals surface area (Å²) in [6.07, 6.45) is 0.789. The Hall–Kier alpha value is -1.26. The van der Waals surface area contributed by atoms with E-state index in [1.807, 2.05) is 37.3 Å².